The van der Waals surface area contributed by atoms with Crippen molar-refractivity contribution in [1.29, 1.82) is 0 Å². The standard InChI is InChI=1S/C19H19F2NO2/c1-13(14-7-9-16(10-8-14)24-18(20)21)22-17(23)19(11-12-19)15-5-3-2-4-6-15/h2-10,13,18H,11-12H2,1H3,(H,22,23). The first-order valence-corrected chi connectivity index (χ1v) is 7.92. The zero-order valence-corrected chi connectivity index (χ0v) is 13.3. The molecule has 5 heteroatoms. The van der Waals surface area contributed by atoms with Crippen LogP contribution in [-0.2, 0) is 10.2 Å². The van der Waals surface area contributed by atoms with E-state index >= 15 is 0 Å². The fraction of sp³-hybridized carbons (Fsp3) is 0.316. The Morgan fingerprint density at radius 3 is 2.25 bits per heavy atom. The molecule has 0 heterocycles. The van der Waals surface area contributed by atoms with Gasteiger partial charge in [0.1, 0.15) is 5.75 Å². The fourth-order valence-electron chi connectivity index (χ4n) is 2.89. The van der Waals surface area contributed by atoms with Gasteiger partial charge in [-0.15, -0.1) is 0 Å². The lowest BCUT2D eigenvalue weighted by molar-refractivity contribution is -0.124. The summed E-state index contributed by atoms with van der Waals surface area (Å²) in [6, 6.07) is 15.9. The fourth-order valence-corrected chi connectivity index (χ4v) is 2.89. The van der Waals surface area contributed by atoms with Crippen molar-refractivity contribution in [2.75, 3.05) is 0 Å². The summed E-state index contributed by atoms with van der Waals surface area (Å²) >= 11 is 0. The molecule has 1 N–H and O–H groups in total. The van der Waals surface area contributed by atoms with E-state index in [1.165, 1.54) is 12.1 Å². The van der Waals surface area contributed by atoms with E-state index in [0.717, 1.165) is 24.0 Å². The van der Waals surface area contributed by atoms with Crippen LogP contribution in [0.25, 0.3) is 0 Å². The Kier molecular flexibility index (Phi) is 4.51. The van der Waals surface area contributed by atoms with E-state index in [1.807, 2.05) is 37.3 Å². The second-order valence-electron chi connectivity index (χ2n) is 6.09. The molecule has 2 aromatic rings. The molecule has 0 aliphatic heterocycles. The predicted octanol–water partition coefficient (Wildman–Crippen LogP) is 4.20. The minimum absolute atomic E-state index is 0.00843. The molecule has 0 aromatic heterocycles. The maximum absolute atomic E-state index is 12.7. The Morgan fingerprint density at radius 2 is 1.71 bits per heavy atom. The van der Waals surface area contributed by atoms with Gasteiger partial charge in [-0.05, 0) is 43.0 Å². The molecule has 126 valence electrons. The number of nitrogens with one attached hydrogen (secondary N) is 1. The van der Waals surface area contributed by atoms with Crippen molar-refractivity contribution >= 4 is 5.91 Å². The number of benzene rings is 2. The molecule has 1 aliphatic rings. The lowest BCUT2D eigenvalue weighted by Gasteiger charge is -2.20. The van der Waals surface area contributed by atoms with Crippen molar-refractivity contribution in [3.05, 3.63) is 65.7 Å². The minimum Gasteiger partial charge on any atom is -0.435 e. The molecular formula is C19H19F2NO2. The number of carbonyl (C=O) groups excluding carboxylic acids is 1. The summed E-state index contributed by atoms with van der Waals surface area (Å²) in [6.07, 6.45) is 1.69. The number of rotatable bonds is 6. The average molecular weight is 331 g/mol. The van der Waals surface area contributed by atoms with E-state index in [9.17, 15) is 13.6 Å². The van der Waals surface area contributed by atoms with Crippen LogP contribution in [0.2, 0.25) is 0 Å². The van der Waals surface area contributed by atoms with E-state index in [2.05, 4.69) is 10.1 Å². The topological polar surface area (TPSA) is 38.3 Å². The Morgan fingerprint density at radius 1 is 1.08 bits per heavy atom. The lowest BCUT2D eigenvalue weighted by atomic mass is 9.94. The second-order valence-corrected chi connectivity index (χ2v) is 6.09. The highest BCUT2D eigenvalue weighted by atomic mass is 19.3. The minimum atomic E-state index is -2.84. The Hall–Kier alpha value is -2.43. The summed E-state index contributed by atoms with van der Waals surface area (Å²) in [5, 5.41) is 3.03. The molecule has 1 amide bonds. The summed E-state index contributed by atoms with van der Waals surface area (Å²) < 4.78 is 28.7. The number of hydrogen-bond donors (Lipinski definition) is 1. The van der Waals surface area contributed by atoms with Crippen LogP contribution in [0.4, 0.5) is 8.78 Å². The monoisotopic (exact) mass is 331 g/mol. The number of amides is 1. The second kappa shape index (κ2) is 6.59. The highest BCUT2D eigenvalue weighted by molar-refractivity contribution is 5.91. The molecule has 0 spiro atoms. The molecule has 24 heavy (non-hydrogen) atoms. The van der Waals surface area contributed by atoms with Gasteiger partial charge in [-0.25, -0.2) is 0 Å². The molecule has 1 saturated carbocycles. The van der Waals surface area contributed by atoms with E-state index in [0.29, 0.717) is 0 Å². The summed E-state index contributed by atoms with van der Waals surface area (Å²) in [7, 11) is 0. The van der Waals surface area contributed by atoms with Crippen molar-refractivity contribution in [3.8, 4) is 5.75 Å². The van der Waals surface area contributed by atoms with Gasteiger partial charge >= 0.3 is 6.61 Å². The van der Waals surface area contributed by atoms with Gasteiger partial charge in [-0.3, -0.25) is 4.79 Å². The zero-order chi connectivity index (χ0) is 17.2. The highest BCUT2D eigenvalue weighted by Gasteiger charge is 2.51. The number of carbonyl (C=O) groups is 1. The molecule has 0 radical (unpaired) electrons. The number of alkyl halides is 2. The summed E-state index contributed by atoms with van der Waals surface area (Å²) in [4.78, 5) is 12.7. The molecule has 2 aromatic carbocycles. The first kappa shape index (κ1) is 16.4. The molecular weight excluding hydrogens is 312 g/mol. The van der Waals surface area contributed by atoms with Gasteiger partial charge < -0.3 is 10.1 Å². The molecule has 1 unspecified atom stereocenters. The van der Waals surface area contributed by atoms with Crippen LogP contribution in [0, 0.1) is 0 Å². The first-order valence-electron chi connectivity index (χ1n) is 7.92. The molecule has 1 fully saturated rings. The Balaban J connectivity index is 1.66. The number of hydrogen-bond acceptors (Lipinski definition) is 2. The smallest absolute Gasteiger partial charge is 0.387 e. The SMILES string of the molecule is CC(NC(=O)C1(c2ccccc2)CC1)c1ccc(OC(F)F)cc1. The lowest BCUT2D eigenvalue weighted by Crippen LogP contribution is -2.36. The molecule has 1 atom stereocenters. The number of halogens is 2. The van der Waals surface area contributed by atoms with Crippen LogP contribution in [0.1, 0.15) is 36.9 Å². The van der Waals surface area contributed by atoms with Gasteiger partial charge in [-0.2, -0.15) is 8.78 Å². The molecule has 3 rings (SSSR count). The maximum atomic E-state index is 12.7. The van der Waals surface area contributed by atoms with Gasteiger partial charge in [0, 0.05) is 0 Å². The number of ether oxygens (including phenoxy) is 1. The van der Waals surface area contributed by atoms with Gasteiger partial charge in [-0.1, -0.05) is 42.5 Å². The molecule has 0 saturated heterocycles. The van der Waals surface area contributed by atoms with Crippen molar-refractivity contribution < 1.29 is 18.3 Å². The third kappa shape index (κ3) is 3.40. The van der Waals surface area contributed by atoms with Crippen LogP contribution in [0.15, 0.2) is 54.6 Å². The summed E-state index contributed by atoms with van der Waals surface area (Å²) in [5.74, 6) is 0.115. The Bertz CT molecular complexity index is 697. The largest absolute Gasteiger partial charge is 0.435 e. The Labute approximate surface area is 139 Å². The maximum Gasteiger partial charge on any atom is 0.387 e. The summed E-state index contributed by atoms with van der Waals surface area (Å²) in [5.41, 5.74) is 1.46. The van der Waals surface area contributed by atoms with Gasteiger partial charge in [0.15, 0.2) is 0 Å². The van der Waals surface area contributed by atoms with Gasteiger partial charge in [0.25, 0.3) is 0 Å². The zero-order valence-electron chi connectivity index (χ0n) is 13.3. The van der Waals surface area contributed by atoms with Crippen molar-refractivity contribution in [1.82, 2.24) is 5.32 Å². The molecule has 1 aliphatic carbocycles. The quantitative estimate of drug-likeness (QED) is 0.862. The predicted molar refractivity (Wildman–Crippen MR) is 87.0 cm³/mol. The van der Waals surface area contributed by atoms with Gasteiger partial charge in [0.05, 0.1) is 11.5 Å². The summed E-state index contributed by atoms with van der Waals surface area (Å²) in [6.45, 7) is -0.962. The van der Waals surface area contributed by atoms with E-state index in [-0.39, 0.29) is 17.7 Å². The van der Waals surface area contributed by atoms with E-state index in [4.69, 9.17) is 0 Å². The normalized spacial score (nSPS) is 16.5. The first-order chi connectivity index (χ1) is 11.5. The van der Waals surface area contributed by atoms with Crippen LogP contribution < -0.4 is 10.1 Å². The average Bonchev–Trinajstić information content (AvgIpc) is 3.37. The third-order valence-electron chi connectivity index (χ3n) is 4.46. The van der Waals surface area contributed by atoms with E-state index < -0.39 is 12.0 Å². The van der Waals surface area contributed by atoms with Crippen LogP contribution >= 0.6 is 0 Å². The van der Waals surface area contributed by atoms with Crippen LogP contribution in [0.5, 0.6) is 5.75 Å². The molecule has 0 bridgehead atoms. The van der Waals surface area contributed by atoms with Crippen LogP contribution in [0.3, 0.4) is 0 Å². The van der Waals surface area contributed by atoms with Crippen molar-refractivity contribution in [2.24, 2.45) is 0 Å². The van der Waals surface area contributed by atoms with Gasteiger partial charge in [0.2, 0.25) is 5.91 Å². The third-order valence-corrected chi connectivity index (χ3v) is 4.46. The highest BCUT2D eigenvalue weighted by Crippen LogP contribution is 2.48. The van der Waals surface area contributed by atoms with Crippen molar-refractivity contribution in [3.63, 3.8) is 0 Å². The van der Waals surface area contributed by atoms with E-state index in [1.54, 1.807) is 12.1 Å². The van der Waals surface area contributed by atoms with Crippen LogP contribution in [-0.4, -0.2) is 12.5 Å². The molecule has 3 nitrogen and oxygen atoms in total. The van der Waals surface area contributed by atoms with Crippen molar-refractivity contribution in [2.45, 2.75) is 37.8 Å².